The highest BCUT2D eigenvalue weighted by atomic mass is 35.5. The number of phenols is 1. The van der Waals surface area contributed by atoms with E-state index in [0.29, 0.717) is 29.3 Å². The van der Waals surface area contributed by atoms with Gasteiger partial charge in [-0.05, 0) is 43.3 Å². The minimum atomic E-state index is -0.415. The molecule has 3 rings (SSSR count). The van der Waals surface area contributed by atoms with E-state index >= 15 is 0 Å². The first-order valence-corrected chi connectivity index (χ1v) is 8.38. The van der Waals surface area contributed by atoms with Gasteiger partial charge in [0.15, 0.2) is 0 Å². The number of rotatable bonds is 6. The number of phenolic OH excluding ortho intramolecular Hbond substituents is 1. The molecule has 0 atom stereocenters. The van der Waals surface area contributed by atoms with Crippen LogP contribution >= 0.6 is 11.6 Å². The Morgan fingerprint density at radius 1 is 1.20 bits per heavy atom. The van der Waals surface area contributed by atoms with Gasteiger partial charge in [0.1, 0.15) is 36.8 Å². The second kappa shape index (κ2) is 7.59. The molecule has 0 aliphatic heterocycles. The fourth-order valence-electron chi connectivity index (χ4n) is 2.63. The Morgan fingerprint density at radius 3 is 2.72 bits per heavy atom. The van der Waals surface area contributed by atoms with Crippen molar-refractivity contribution >= 4 is 22.6 Å². The average molecular weight is 361 g/mol. The van der Waals surface area contributed by atoms with Crippen LogP contribution in [0, 0.1) is 6.92 Å². The van der Waals surface area contributed by atoms with Crippen molar-refractivity contribution < 1.29 is 19.6 Å². The first-order valence-electron chi connectivity index (χ1n) is 8.00. The number of hydrogen-bond acceptors (Lipinski definition) is 4. The average Bonchev–Trinajstić information content (AvgIpc) is 2.60. The molecule has 3 N–H and O–H groups in total. The second-order valence-corrected chi connectivity index (χ2v) is 6.20. The molecule has 6 heteroatoms. The Morgan fingerprint density at radius 2 is 1.96 bits per heavy atom. The van der Waals surface area contributed by atoms with Crippen LogP contribution in [0.15, 0.2) is 51.7 Å². The van der Waals surface area contributed by atoms with Crippen LogP contribution in [0.5, 0.6) is 11.5 Å². The molecule has 0 aliphatic carbocycles. The van der Waals surface area contributed by atoms with Crippen LogP contribution in [-0.4, -0.2) is 18.3 Å². The Bertz CT molecular complexity index is 935. The highest BCUT2D eigenvalue weighted by Crippen LogP contribution is 2.26. The molecule has 0 saturated heterocycles. The van der Waals surface area contributed by atoms with Crippen molar-refractivity contribution in [3.8, 4) is 11.5 Å². The summed E-state index contributed by atoms with van der Waals surface area (Å²) >= 11 is 5.83. The fraction of sp³-hybridized carbons (Fsp3) is 0.211. The van der Waals surface area contributed by atoms with Crippen molar-refractivity contribution in [1.82, 2.24) is 0 Å². The van der Waals surface area contributed by atoms with Crippen LogP contribution < -0.4 is 15.7 Å². The van der Waals surface area contributed by atoms with Gasteiger partial charge in [0.05, 0.1) is 0 Å². The van der Waals surface area contributed by atoms with E-state index < -0.39 is 5.63 Å². The van der Waals surface area contributed by atoms with Gasteiger partial charge in [-0.3, -0.25) is 0 Å². The quantitative estimate of drug-likeness (QED) is 0.523. The van der Waals surface area contributed by atoms with E-state index in [0.717, 1.165) is 23.2 Å². The Labute approximate surface area is 149 Å². The van der Waals surface area contributed by atoms with Crippen molar-refractivity contribution in [1.29, 1.82) is 0 Å². The topological polar surface area (TPSA) is 76.3 Å². The van der Waals surface area contributed by atoms with Crippen LogP contribution in [0.4, 0.5) is 0 Å². The predicted molar refractivity (Wildman–Crippen MR) is 96.3 cm³/mol. The molecule has 0 fully saturated rings. The number of hydrogen-bond donors (Lipinski definition) is 2. The molecule has 0 aliphatic rings. The van der Waals surface area contributed by atoms with E-state index in [1.54, 1.807) is 31.2 Å². The zero-order valence-electron chi connectivity index (χ0n) is 13.8. The minimum absolute atomic E-state index is 0.119. The number of nitrogens with two attached hydrogens (primary N) is 1. The predicted octanol–water partition coefficient (Wildman–Crippen LogP) is 2.60. The normalized spacial score (nSPS) is 11.0. The van der Waals surface area contributed by atoms with Crippen molar-refractivity contribution in [3.63, 3.8) is 0 Å². The molecule has 2 aromatic carbocycles. The third-order valence-corrected chi connectivity index (χ3v) is 4.24. The van der Waals surface area contributed by atoms with E-state index in [9.17, 15) is 9.90 Å². The van der Waals surface area contributed by atoms with Crippen LogP contribution in [0.2, 0.25) is 5.02 Å². The molecule has 130 valence electrons. The maximum Gasteiger partial charge on any atom is 0.336 e. The number of fused-ring (bicyclic) bond motifs is 1. The Hall–Kier alpha value is -2.50. The molecule has 0 saturated carbocycles. The van der Waals surface area contributed by atoms with Gasteiger partial charge in [-0.2, -0.15) is 0 Å². The van der Waals surface area contributed by atoms with E-state index in [2.05, 4.69) is 5.32 Å². The number of halogens is 1. The summed E-state index contributed by atoms with van der Waals surface area (Å²) in [4.78, 5) is 11.8. The van der Waals surface area contributed by atoms with Gasteiger partial charge in [0, 0.05) is 27.6 Å². The first-order chi connectivity index (χ1) is 12.0. The number of quaternary nitrogens is 1. The summed E-state index contributed by atoms with van der Waals surface area (Å²) in [5, 5.41) is 13.4. The molecule has 3 aromatic rings. The number of aromatic hydroxyl groups is 1. The SMILES string of the molecule is Cc1c(O)ccc2c(C[NH2+]CCOc3ccc(Cl)cc3)cc(=O)oc12. The zero-order valence-corrected chi connectivity index (χ0v) is 14.5. The smallest absolute Gasteiger partial charge is 0.336 e. The van der Waals surface area contributed by atoms with Gasteiger partial charge in [0.2, 0.25) is 0 Å². The molecule has 5 nitrogen and oxygen atoms in total. The first kappa shape index (κ1) is 17.3. The largest absolute Gasteiger partial charge is 0.508 e. The van der Waals surface area contributed by atoms with Crippen LogP contribution in [0.25, 0.3) is 11.0 Å². The van der Waals surface area contributed by atoms with E-state index in [4.69, 9.17) is 20.8 Å². The summed E-state index contributed by atoms with van der Waals surface area (Å²) < 4.78 is 10.9. The summed E-state index contributed by atoms with van der Waals surface area (Å²) in [5.41, 5.74) is 1.47. The Kier molecular flexibility index (Phi) is 5.26. The van der Waals surface area contributed by atoms with Crippen molar-refractivity contribution in [2.45, 2.75) is 13.5 Å². The molecule has 0 spiro atoms. The molecular formula is C19H19ClNO4+. The maximum atomic E-state index is 11.8. The van der Waals surface area contributed by atoms with Gasteiger partial charge in [0.25, 0.3) is 0 Å². The van der Waals surface area contributed by atoms with Gasteiger partial charge < -0.3 is 19.6 Å². The maximum absolute atomic E-state index is 11.8. The van der Waals surface area contributed by atoms with Gasteiger partial charge in [-0.15, -0.1) is 0 Å². The summed E-state index contributed by atoms with van der Waals surface area (Å²) in [6.07, 6.45) is 0. The number of benzene rings is 2. The third kappa shape index (κ3) is 4.13. The summed E-state index contributed by atoms with van der Waals surface area (Å²) in [7, 11) is 0. The minimum Gasteiger partial charge on any atom is -0.508 e. The monoisotopic (exact) mass is 360 g/mol. The highest BCUT2D eigenvalue weighted by Gasteiger charge is 2.11. The lowest BCUT2D eigenvalue weighted by Gasteiger charge is -2.08. The van der Waals surface area contributed by atoms with E-state index in [1.165, 1.54) is 6.07 Å². The molecule has 25 heavy (non-hydrogen) atoms. The van der Waals surface area contributed by atoms with Gasteiger partial charge in [-0.1, -0.05) is 11.6 Å². The van der Waals surface area contributed by atoms with Crippen molar-refractivity contribution in [2.75, 3.05) is 13.2 Å². The van der Waals surface area contributed by atoms with Crippen LogP contribution in [0.3, 0.4) is 0 Å². The van der Waals surface area contributed by atoms with Gasteiger partial charge in [-0.25, -0.2) is 4.79 Å². The molecule has 0 radical (unpaired) electrons. The molecule has 0 unspecified atom stereocenters. The third-order valence-electron chi connectivity index (χ3n) is 3.99. The summed E-state index contributed by atoms with van der Waals surface area (Å²) in [5.74, 6) is 0.892. The summed E-state index contributed by atoms with van der Waals surface area (Å²) in [6, 6.07) is 12.1. The highest BCUT2D eigenvalue weighted by molar-refractivity contribution is 6.30. The molecule has 1 heterocycles. The summed E-state index contributed by atoms with van der Waals surface area (Å²) in [6.45, 7) is 3.63. The van der Waals surface area contributed by atoms with Crippen molar-refractivity contribution in [3.05, 3.63) is 69.0 Å². The van der Waals surface area contributed by atoms with Crippen LogP contribution in [-0.2, 0) is 6.54 Å². The number of aryl methyl sites for hydroxylation is 1. The molecular weight excluding hydrogens is 342 g/mol. The lowest BCUT2D eigenvalue weighted by molar-refractivity contribution is -0.671. The lowest BCUT2D eigenvalue weighted by atomic mass is 10.1. The van der Waals surface area contributed by atoms with Gasteiger partial charge >= 0.3 is 5.63 Å². The lowest BCUT2D eigenvalue weighted by Crippen LogP contribution is -2.83. The van der Waals surface area contributed by atoms with E-state index in [-0.39, 0.29) is 5.75 Å². The molecule has 1 aromatic heterocycles. The molecule has 0 bridgehead atoms. The van der Waals surface area contributed by atoms with Crippen LogP contribution in [0.1, 0.15) is 11.1 Å². The van der Waals surface area contributed by atoms with Crippen molar-refractivity contribution in [2.24, 2.45) is 0 Å². The number of ether oxygens (including phenoxy) is 1. The fourth-order valence-corrected chi connectivity index (χ4v) is 2.76. The second-order valence-electron chi connectivity index (χ2n) is 5.76. The van der Waals surface area contributed by atoms with E-state index in [1.807, 2.05) is 12.1 Å². The Balaban J connectivity index is 1.62. The standard InChI is InChI=1S/C19H18ClNO4/c1-12-17(22)7-6-16-13(10-18(23)25-19(12)16)11-21-8-9-24-15-4-2-14(20)3-5-15/h2-7,10,21-22H,8-9,11H2,1H3/p+1. The molecule has 0 amide bonds. The zero-order chi connectivity index (χ0) is 17.8.